The SMILES string of the molecule is FC(F)(F)c1cnc(Cl)cc1C(F)(F)F. The molecule has 84 valence electrons. The van der Waals surface area contributed by atoms with Gasteiger partial charge in [-0.1, -0.05) is 11.6 Å². The molecule has 15 heavy (non-hydrogen) atoms. The van der Waals surface area contributed by atoms with E-state index in [1.54, 1.807) is 0 Å². The van der Waals surface area contributed by atoms with Crippen LogP contribution in [0.15, 0.2) is 12.3 Å². The van der Waals surface area contributed by atoms with Crippen molar-refractivity contribution in [1.82, 2.24) is 4.98 Å². The second-order valence-corrected chi connectivity index (χ2v) is 2.94. The fourth-order valence-corrected chi connectivity index (χ4v) is 1.05. The zero-order chi connectivity index (χ0) is 11.9. The number of aromatic nitrogens is 1. The van der Waals surface area contributed by atoms with Crippen LogP contribution in [0.1, 0.15) is 11.1 Å². The Morgan fingerprint density at radius 2 is 1.40 bits per heavy atom. The van der Waals surface area contributed by atoms with E-state index < -0.39 is 28.6 Å². The van der Waals surface area contributed by atoms with Crippen molar-refractivity contribution in [2.24, 2.45) is 0 Å². The van der Waals surface area contributed by atoms with Crippen LogP contribution in [0.5, 0.6) is 0 Å². The highest BCUT2D eigenvalue weighted by Crippen LogP contribution is 2.40. The Morgan fingerprint density at radius 3 is 1.80 bits per heavy atom. The molecule has 0 aromatic carbocycles. The van der Waals surface area contributed by atoms with Gasteiger partial charge in [-0.25, -0.2) is 4.98 Å². The fourth-order valence-electron chi connectivity index (χ4n) is 0.890. The maximum absolute atomic E-state index is 12.2. The summed E-state index contributed by atoms with van der Waals surface area (Å²) in [5.74, 6) is 0. The third-order valence-electron chi connectivity index (χ3n) is 1.48. The lowest BCUT2D eigenvalue weighted by Gasteiger charge is -2.14. The topological polar surface area (TPSA) is 12.9 Å². The van der Waals surface area contributed by atoms with Crippen LogP contribution in [-0.4, -0.2) is 4.98 Å². The van der Waals surface area contributed by atoms with Crippen LogP contribution >= 0.6 is 11.6 Å². The molecule has 0 unspecified atom stereocenters. The van der Waals surface area contributed by atoms with Gasteiger partial charge < -0.3 is 0 Å². The number of pyridine rings is 1. The molecule has 1 heterocycles. The van der Waals surface area contributed by atoms with Gasteiger partial charge >= 0.3 is 12.4 Å². The summed E-state index contributed by atoms with van der Waals surface area (Å²) in [6.07, 6.45) is -10.2. The Kier molecular flexibility index (Phi) is 2.86. The standard InChI is InChI=1S/C7H2ClF6N/c8-5-1-3(6(9,10)11)4(2-15-5)7(12,13)14/h1-2H. The second-order valence-electron chi connectivity index (χ2n) is 2.55. The lowest BCUT2D eigenvalue weighted by molar-refractivity contribution is -0.162. The molecule has 1 aromatic heterocycles. The maximum atomic E-state index is 12.2. The third-order valence-corrected chi connectivity index (χ3v) is 1.69. The molecule has 0 atom stereocenters. The summed E-state index contributed by atoms with van der Waals surface area (Å²) in [5, 5.41) is -0.643. The Balaban J connectivity index is 3.41. The Bertz CT molecular complexity index is 369. The Labute approximate surface area is 84.7 Å². The summed E-state index contributed by atoms with van der Waals surface area (Å²) in [6, 6.07) is 0.143. The minimum Gasteiger partial charge on any atom is -0.244 e. The average molecular weight is 250 g/mol. The Morgan fingerprint density at radius 1 is 0.933 bits per heavy atom. The molecule has 0 spiro atoms. The number of halogens is 7. The van der Waals surface area contributed by atoms with Crippen LogP contribution < -0.4 is 0 Å². The lowest BCUT2D eigenvalue weighted by atomic mass is 10.1. The van der Waals surface area contributed by atoms with Gasteiger partial charge in [-0.3, -0.25) is 0 Å². The van der Waals surface area contributed by atoms with Crippen molar-refractivity contribution in [3.8, 4) is 0 Å². The third kappa shape index (κ3) is 2.74. The van der Waals surface area contributed by atoms with E-state index in [2.05, 4.69) is 4.98 Å². The van der Waals surface area contributed by atoms with E-state index in [4.69, 9.17) is 11.6 Å². The first-order chi connectivity index (χ1) is 6.62. The molecule has 0 saturated carbocycles. The van der Waals surface area contributed by atoms with Gasteiger partial charge in [0.25, 0.3) is 0 Å². The molecule has 1 nitrogen and oxygen atoms in total. The summed E-state index contributed by atoms with van der Waals surface area (Å²) >= 11 is 5.09. The predicted octanol–water partition coefficient (Wildman–Crippen LogP) is 3.77. The molecule has 8 heteroatoms. The van der Waals surface area contributed by atoms with Gasteiger partial charge in [-0.05, 0) is 6.07 Å². The molecule has 1 rings (SSSR count). The summed E-state index contributed by atoms with van der Waals surface area (Å²) < 4.78 is 72.9. The number of alkyl halides is 6. The van der Waals surface area contributed by atoms with Gasteiger partial charge in [-0.15, -0.1) is 0 Å². The lowest BCUT2D eigenvalue weighted by Crippen LogP contribution is -2.16. The largest absolute Gasteiger partial charge is 0.418 e. The van der Waals surface area contributed by atoms with Gasteiger partial charge in [0.05, 0.1) is 11.1 Å². The van der Waals surface area contributed by atoms with E-state index in [9.17, 15) is 26.3 Å². The monoisotopic (exact) mass is 249 g/mol. The smallest absolute Gasteiger partial charge is 0.244 e. The highest BCUT2D eigenvalue weighted by molar-refractivity contribution is 6.29. The van der Waals surface area contributed by atoms with Crippen molar-refractivity contribution in [1.29, 1.82) is 0 Å². The van der Waals surface area contributed by atoms with E-state index in [0.717, 1.165) is 0 Å². The van der Waals surface area contributed by atoms with Crippen LogP contribution in [0.4, 0.5) is 26.3 Å². The molecule has 0 N–H and O–H groups in total. The molecular weight excluding hydrogens is 248 g/mol. The van der Waals surface area contributed by atoms with Crippen molar-refractivity contribution in [2.75, 3.05) is 0 Å². The zero-order valence-electron chi connectivity index (χ0n) is 6.75. The summed E-state index contributed by atoms with van der Waals surface area (Å²) in [7, 11) is 0. The fraction of sp³-hybridized carbons (Fsp3) is 0.286. The second kappa shape index (κ2) is 3.55. The van der Waals surface area contributed by atoms with Gasteiger partial charge in [0.2, 0.25) is 0 Å². The van der Waals surface area contributed by atoms with Crippen LogP contribution in [-0.2, 0) is 12.4 Å². The van der Waals surface area contributed by atoms with Gasteiger partial charge in [-0.2, -0.15) is 26.3 Å². The van der Waals surface area contributed by atoms with E-state index in [0.29, 0.717) is 0 Å². The van der Waals surface area contributed by atoms with E-state index in [1.165, 1.54) is 0 Å². The molecule has 0 aliphatic heterocycles. The molecule has 1 aromatic rings. The van der Waals surface area contributed by atoms with Crippen LogP contribution in [0.3, 0.4) is 0 Å². The van der Waals surface area contributed by atoms with E-state index in [-0.39, 0.29) is 12.3 Å². The number of nitrogens with zero attached hydrogens (tertiary/aromatic N) is 1. The normalized spacial score (nSPS) is 13.0. The first-order valence-corrected chi connectivity index (χ1v) is 3.80. The predicted molar refractivity (Wildman–Crippen MR) is 39.3 cm³/mol. The highest BCUT2D eigenvalue weighted by atomic mass is 35.5. The van der Waals surface area contributed by atoms with E-state index in [1.807, 2.05) is 0 Å². The minimum absolute atomic E-state index is 0.0607. The van der Waals surface area contributed by atoms with Crippen LogP contribution in [0.25, 0.3) is 0 Å². The van der Waals surface area contributed by atoms with Crippen LogP contribution in [0, 0.1) is 0 Å². The first kappa shape index (κ1) is 12.1. The number of hydrogen-bond donors (Lipinski definition) is 0. The minimum atomic E-state index is -5.11. The van der Waals surface area contributed by atoms with Gasteiger partial charge in [0.15, 0.2) is 0 Å². The average Bonchev–Trinajstić information content (AvgIpc) is 2.00. The van der Waals surface area contributed by atoms with Crippen molar-refractivity contribution >= 4 is 11.6 Å². The Hall–Kier alpha value is -0.980. The molecule has 0 aliphatic rings. The summed E-state index contributed by atoms with van der Waals surface area (Å²) in [4.78, 5) is 2.97. The quantitative estimate of drug-likeness (QED) is 0.504. The molecule has 0 bridgehead atoms. The van der Waals surface area contributed by atoms with Gasteiger partial charge in [0, 0.05) is 6.20 Å². The van der Waals surface area contributed by atoms with Crippen LogP contribution in [0.2, 0.25) is 5.15 Å². The molecule has 0 amide bonds. The van der Waals surface area contributed by atoms with Crippen molar-refractivity contribution in [2.45, 2.75) is 12.4 Å². The summed E-state index contributed by atoms with van der Waals surface area (Å²) in [6.45, 7) is 0. The van der Waals surface area contributed by atoms with Crippen molar-refractivity contribution in [3.05, 3.63) is 28.5 Å². The molecular formula is C7H2ClF6N. The van der Waals surface area contributed by atoms with E-state index >= 15 is 0 Å². The number of hydrogen-bond acceptors (Lipinski definition) is 1. The molecule has 0 radical (unpaired) electrons. The first-order valence-electron chi connectivity index (χ1n) is 3.42. The van der Waals surface area contributed by atoms with Crippen molar-refractivity contribution in [3.63, 3.8) is 0 Å². The molecule has 0 saturated heterocycles. The molecule has 0 aliphatic carbocycles. The zero-order valence-corrected chi connectivity index (χ0v) is 7.50. The highest BCUT2D eigenvalue weighted by Gasteiger charge is 2.43. The molecule has 0 fully saturated rings. The van der Waals surface area contributed by atoms with Crippen molar-refractivity contribution < 1.29 is 26.3 Å². The van der Waals surface area contributed by atoms with Gasteiger partial charge in [0.1, 0.15) is 5.15 Å². The summed E-state index contributed by atoms with van der Waals surface area (Å²) in [5.41, 5.74) is -3.69. The number of rotatable bonds is 0. The maximum Gasteiger partial charge on any atom is 0.418 e.